The predicted molar refractivity (Wildman–Crippen MR) is 80.9 cm³/mol. The molecule has 2 rings (SSSR count). The molecule has 3 heteroatoms. The molecule has 0 spiro atoms. The van der Waals surface area contributed by atoms with Gasteiger partial charge in [-0.05, 0) is 42.0 Å². The van der Waals surface area contributed by atoms with E-state index >= 15 is 0 Å². The van der Waals surface area contributed by atoms with Gasteiger partial charge in [0.1, 0.15) is 0 Å². The van der Waals surface area contributed by atoms with Gasteiger partial charge in [-0.2, -0.15) is 0 Å². The van der Waals surface area contributed by atoms with Gasteiger partial charge in [0.25, 0.3) is 0 Å². The largest absolute Gasteiger partial charge is 0.396 e. The van der Waals surface area contributed by atoms with Crippen LogP contribution in [0.25, 0.3) is 0 Å². The first-order valence-electron chi connectivity index (χ1n) is 6.28. The SMILES string of the molecule is OCC(Cc1ccccc1Cl)Cc1ccccc1Cl. The van der Waals surface area contributed by atoms with Crippen LogP contribution in [0.3, 0.4) is 0 Å². The fourth-order valence-corrected chi connectivity index (χ4v) is 2.58. The van der Waals surface area contributed by atoms with Gasteiger partial charge in [-0.15, -0.1) is 0 Å². The van der Waals surface area contributed by atoms with Crippen molar-refractivity contribution in [2.45, 2.75) is 12.8 Å². The van der Waals surface area contributed by atoms with Crippen LogP contribution in [-0.4, -0.2) is 11.7 Å². The molecule has 1 nitrogen and oxygen atoms in total. The van der Waals surface area contributed by atoms with Crippen molar-refractivity contribution in [3.8, 4) is 0 Å². The summed E-state index contributed by atoms with van der Waals surface area (Å²) in [5.41, 5.74) is 2.13. The van der Waals surface area contributed by atoms with E-state index in [4.69, 9.17) is 23.2 Å². The average Bonchev–Trinajstić information content (AvgIpc) is 2.42. The zero-order chi connectivity index (χ0) is 13.7. The third kappa shape index (κ3) is 3.97. The Bertz CT molecular complexity index is 492. The van der Waals surface area contributed by atoms with Crippen LogP contribution in [0.5, 0.6) is 0 Å². The van der Waals surface area contributed by atoms with E-state index < -0.39 is 0 Å². The van der Waals surface area contributed by atoms with Crippen molar-refractivity contribution in [2.24, 2.45) is 5.92 Å². The molecule has 0 saturated heterocycles. The van der Waals surface area contributed by atoms with Gasteiger partial charge in [-0.25, -0.2) is 0 Å². The van der Waals surface area contributed by atoms with E-state index in [1.807, 2.05) is 48.5 Å². The lowest BCUT2D eigenvalue weighted by Crippen LogP contribution is -2.13. The maximum atomic E-state index is 9.54. The van der Waals surface area contributed by atoms with Gasteiger partial charge in [0, 0.05) is 16.7 Å². The standard InChI is InChI=1S/C16H16Cl2O/c17-15-7-3-1-5-13(15)9-12(11-19)10-14-6-2-4-8-16(14)18/h1-8,12,19H,9-11H2. The predicted octanol–water partition coefficient (Wildman–Crippen LogP) is 4.39. The van der Waals surface area contributed by atoms with Crippen LogP contribution in [0.15, 0.2) is 48.5 Å². The molecule has 0 aromatic heterocycles. The Kier molecular flexibility index (Phi) is 5.26. The number of aliphatic hydroxyl groups excluding tert-OH is 1. The number of hydrogen-bond acceptors (Lipinski definition) is 1. The van der Waals surface area contributed by atoms with E-state index in [1.54, 1.807) is 0 Å². The molecule has 0 aliphatic carbocycles. The maximum absolute atomic E-state index is 9.54. The summed E-state index contributed by atoms with van der Waals surface area (Å²) in [6.45, 7) is 0.121. The molecule has 0 aliphatic rings. The number of benzene rings is 2. The normalized spacial score (nSPS) is 10.9. The van der Waals surface area contributed by atoms with Gasteiger partial charge >= 0.3 is 0 Å². The molecule has 100 valence electrons. The highest BCUT2D eigenvalue weighted by molar-refractivity contribution is 6.31. The first-order valence-corrected chi connectivity index (χ1v) is 7.04. The Hall–Kier alpha value is -1.02. The number of hydrogen-bond donors (Lipinski definition) is 1. The van der Waals surface area contributed by atoms with E-state index in [9.17, 15) is 5.11 Å². The first-order chi connectivity index (χ1) is 9.20. The number of rotatable bonds is 5. The highest BCUT2D eigenvalue weighted by Gasteiger charge is 2.13. The van der Waals surface area contributed by atoms with Crippen molar-refractivity contribution in [3.63, 3.8) is 0 Å². The summed E-state index contributed by atoms with van der Waals surface area (Å²) >= 11 is 12.3. The molecule has 0 unspecified atom stereocenters. The molecule has 0 radical (unpaired) electrons. The minimum Gasteiger partial charge on any atom is -0.396 e. The fraction of sp³-hybridized carbons (Fsp3) is 0.250. The van der Waals surface area contributed by atoms with Gasteiger partial charge < -0.3 is 5.11 Å². The zero-order valence-corrected chi connectivity index (χ0v) is 12.0. The second kappa shape index (κ2) is 6.95. The monoisotopic (exact) mass is 294 g/mol. The Balaban J connectivity index is 2.09. The fourth-order valence-electron chi connectivity index (χ4n) is 2.15. The highest BCUT2D eigenvalue weighted by Crippen LogP contribution is 2.23. The molecule has 0 fully saturated rings. The third-order valence-electron chi connectivity index (χ3n) is 3.19. The summed E-state index contributed by atoms with van der Waals surface area (Å²) in [5.74, 6) is 0.125. The van der Waals surface area contributed by atoms with Crippen molar-refractivity contribution in [2.75, 3.05) is 6.61 Å². The summed E-state index contributed by atoms with van der Waals surface area (Å²) in [5, 5.41) is 11.0. The van der Waals surface area contributed by atoms with Gasteiger partial charge in [0.15, 0.2) is 0 Å². The highest BCUT2D eigenvalue weighted by atomic mass is 35.5. The molecule has 0 saturated carbocycles. The van der Waals surface area contributed by atoms with Gasteiger partial charge in [-0.3, -0.25) is 0 Å². The molecular weight excluding hydrogens is 279 g/mol. The van der Waals surface area contributed by atoms with Crippen LogP contribution >= 0.6 is 23.2 Å². The van der Waals surface area contributed by atoms with Crippen LogP contribution in [0.4, 0.5) is 0 Å². The van der Waals surface area contributed by atoms with E-state index in [1.165, 1.54) is 0 Å². The molecule has 0 amide bonds. The Labute approximate surface area is 123 Å². The lowest BCUT2D eigenvalue weighted by atomic mass is 9.93. The molecule has 2 aromatic rings. The van der Waals surface area contributed by atoms with Crippen molar-refractivity contribution in [3.05, 3.63) is 69.7 Å². The minimum absolute atomic E-state index is 0.121. The van der Waals surface area contributed by atoms with E-state index in [2.05, 4.69) is 0 Å². The molecule has 0 atom stereocenters. The Morgan fingerprint density at radius 3 is 1.58 bits per heavy atom. The molecule has 1 N–H and O–H groups in total. The van der Waals surface area contributed by atoms with Crippen LogP contribution in [0, 0.1) is 5.92 Å². The number of halogens is 2. The Morgan fingerprint density at radius 2 is 1.21 bits per heavy atom. The molecule has 0 aliphatic heterocycles. The van der Waals surface area contributed by atoms with Crippen LogP contribution in [-0.2, 0) is 12.8 Å². The van der Waals surface area contributed by atoms with Gasteiger partial charge in [0.2, 0.25) is 0 Å². The average molecular weight is 295 g/mol. The zero-order valence-electron chi connectivity index (χ0n) is 10.5. The van der Waals surface area contributed by atoms with Crippen LogP contribution in [0.2, 0.25) is 10.0 Å². The lowest BCUT2D eigenvalue weighted by molar-refractivity contribution is 0.225. The second-order valence-corrected chi connectivity index (χ2v) is 5.45. The molecular formula is C16H16Cl2O. The summed E-state index contributed by atoms with van der Waals surface area (Å²) in [4.78, 5) is 0. The second-order valence-electron chi connectivity index (χ2n) is 4.64. The minimum atomic E-state index is 0.121. The quantitative estimate of drug-likeness (QED) is 0.867. The summed E-state index contributed by atoms with van der Waals surface area (Å²) < 4.78 is 0. The molecule has 0 heterocycles. The topological polar surface area (TPSA) is 20.2 Å². The van der Waals surface area contributed by atoms with Crippen molar-refractivity contribution in [1.82, 2.24) is 0 Å². The molecule has 2 aromatic carbocycles. The lowest BCUT2D eigenvalue weighted by Gasteiger charge is -2.16. The van der Waals surface area contributed by atoms with E-state index in [0.717, 1.165) is 34.0 Å². The van der Waals surface area contributed by atoms with E-state index in [0.29, 0.717) is 0 Å². The van der Waals surface area contributed by atoms with Crippen LogP contribution < -0.4 is 0 Å². The summed E-state index contributed by atoms with van der Waals surface area (Å²) in [6, 6.07) is 15.5. The third-order valence-corrected chi connectivity index (χ3v) is 3.93. The van der Waals surface area contributed by atoms with Gasteiger partial charge in [-0.1, -0.05) is 59.6 Å². The van der Waals surface area contributed by atoms with Gasteiger partial charge in [0.05, 0.1) is 0 Å². The van der Waals surface area contributed by atoms with Crippen molar-refractivity contribution >= 4 is 23.2 Å². The van der Waals surface area contributed by atoms with Crippen molar-refractivity contribution in [1.29, 1.82) is 0 Å². The molecule has 19 heavy (non-hydrogen) atoms. The van der Waals surface area contributed by atoms with Crippen molar-refractivity contribution < 1.29 is 5.11 Å². The first kappa shape index (κ1) is 14.4. The maximum Gasteiger partial charge on any atom is 0.0465 e. The Morgan fingerprint density at radius 1 is 0.789 bits per heavy atom. The number of aliphatic hydroxyl groups is 1. The van der Waals surface area contributed by atoms with E-state index in [-0.39, 0.29) is 12.5 Å². The summed E-state index contributed by atoms with van der Waals surface area (Å²) in [7, 11) is 0. The molecule has 0 bridgehead atoms. The summed E-state index contributed by atoms with van der Waals surface area (Å²) in [6.07, 6.45) is 1.50. The smallest absolute Gasteiger partial charge is 0.0465 e. The van der Waals surface area contributed by atoms with Crippen LogP contribution in [0.1, 0.15) is 11.1 Å².